The second-order valence-corrected chi connectivity index (χ2v) is 4.88. The van der Waals surface area contributed by atoms with Crippen molar-refractivity contribution in [3.8, 4) is 11.8 Å². The molecule has 1 aromatic carbocycles. The number of halogens is 3. The molecule has 120 valence electrons. The number of nitriles is 1. The van der Waals surface area contributed by atoms with Crippen LogP contribution >= 0.6 is 0 Å². The molecule has 22 heavy (non-hydrogen) atoms. The minimum absolute atomic E-state index is 0.0882. The Balaban J connectivity index is 2.15. The van der Waals surface area contributed by atoms with Gasteiger partial charge in [0.2, 0.25) is 0 Å². The van der Waals surface area contributed by atoms with Crippen molar-refractivity contribution in [3.05, 3.63) is 29.8 Å². The smallest absolute Gasteiger partial charge is 0.416 e. The highest BCUT2D eigenvalue weighted by Crippen LogP contribution is 2.30. The summed E-state index contributed by atoms with van der Waals surface area (Å²) in [6.45, 7) is 0.401. The first-order valence-electron chi connectivity index (χ1n) is 7.12. The van der Waals surface area contributed by atoms with Crippen molar-refractivity contribution in [1.29, 1.82) is 5.26 Å². The molecule has 0 N–H and O–H groups in total. The highest BCUT2D eigenvalue weighted by atomic mass is 19.4. The van der Waals surface area contributed by atoms with Gasteiger partial charge in [-0.25, -0.2) is 0 Å². The molecule has 6 heteroatoms. The van der Waals surface area contributed by atoms with Crippen LogP contribution in [0.2, 0.25) is 0 Å². The zero-order chi connectivity index (χ0) is 16.4. The fourth-order valence-corrected chi connectivity index (χ4v) is 1.85. The number of unbranched alkanes of at least 4 members (excludes halogenated alkanes) is 2. The van der Waals surface area contributed by atoms with Gasteiger partial charge in [0.25, 0.3) is 0 Å². The molecule has 0 unspecified atom stereocenters. The van der Waals surface area contributed by atoms with Gasteiger partial charge < -0.3 is 4.74 Å². The quantitative estimate of drug-likeness (QED) is 0.630. The van der Waals surface area contributed by atoms with E-state index in [-0.39, 0.29) is 12.2 Å². The van der Waals surface area contributed by atoms with Crippen molar-refractivity contribution in [3.63, 3.8) is 0 Å². The van der Waals surface area contributed by atoms with Crippen LogP contribution in [0.1, 0.15) is 44.1 Å². The molecule has 0 heterocycles. The molecular weight excluding hydrogens is 295 g/mol. The molecule has 0 saturated carbocycles. The number of hydrogen-bond donors (Lipinski definition) is 0. The van der Waals surface area contributed by atoms with E-state index in [9.17, 15) is 18.0 Å². The lowest BCUT2D eigenvalue weighted by atomic mass is 10.1. The van der Waals surface area contributed by atoms with Crippen molar-refractivity contribution < 1.29 is 22.7 Å². The summed E-state index contributed by atoms with van der Waals surface area (Å²) in [6.07, 6.45) is -1.04. The van der Waals surface area contributed by atoms with Crippen molar-refractivity contribution in [2.45, 2.75) is 44.7 Å². The van der Waals surface area contributed by atoms with E-state index in [0.717, 1.165) is 31.4 Å². The highest BCUT2D eigenvalue weighted by molar-refractivity contribution is 5.78. The molecule has 0 aliphatic heterocycles. The van der Waals surface area contributed by atoms with E-state index in [4.69, 9.17) is 10.00 Å². The van der Waals surface area contributed by atoms with Gasteiger partial charge in [-0.05, 0) is 43.5 Å². The van der Waals surface area contributed by atoms with Crippen molar-refractivity contribution >= 4 is 5.78 Å². The Hall–Kier alpha value is -2.03. The largest absolute Gasteiger partial charge is 0.494 e. The summed E-state index contributed by atoms with van der Waals surface area (Å²) in [4.78, 5) is 11.3. The van der Waals surface area contributed by atoms with Crippen LogP contribution < -0.4 is 4.74 Å². The standard InChI is InChI=1S/C16H18F3NO2/c17-16(18,19)13-7-9-15(10-8-13)22-12-3-1-2-5-14(21)6-4-11-20/h7-10H,1-6,12H2. The number of carbonyl (C=O) groups excluding carboxylic acids is 1. The van der Waals surface area contributed by atoms with E-state index in [1.807, 2.05) is 6.07 Å². The topological polar surface area (TPSA) is 50.1 Å². The molecule has 3 nitrogen and oxygen atoms in total. The number of hydrogen-bond acceptors (Lipinski definition) is 3. The zero-order valence-corrected chi connectivity index (χ0v) is 12.2. The lowest BCUT2D eigenvalue weighted by Crippen LogP contribution is -2.04. The third-order valence-electron chi connectivity index (χ3n) is 3.07. The molecule has 0 aromatic heterocycles. The van der Waals surface area contributed by atoms with Gasteiger partial charge >= 0.3 is 6.18 Å². The molecule has 0 amide bonds. The van der Waals surface area contributed by atoms with Gasteiger partial charge in [-0.1, -0.05) is 0 Å². The van der Waals surface area contributed by atoms with E-state index in [1.54, 1.807) is 0 Å². The lowest BCUT2D eigenvalue weighted by molar-refractivity contribution is -0.137. The predicted octanol–water partition coefficient (Wildman–Crippen LogP) is 4.52. The summed E-state index contributed by atoms with van der Waals surface area (Å²) in [7, 11) is 0. The molecule has 0 aliphatic carbocycles. The summed E-state index contributed by atoms with van der Waals surface area (Å²) < 4.78 is 42.5. The van der Waals surface area contributed by atoms with Crippen LogP contribution in [0.4, 0.5) is 13.2 Å². The maximum Gasteiger partial charge on any atom is 0.416 e. The molecule has 0 bridgehead atoms. The Morgan fingerprint density at radius 2 is 1.77 bits per heavy atom. The van der Waals surface area contributed by atoms with Gasteiger partial charge in [-0.2, -0.15) is 18.4 Å². The molecule has 0 spiro atoms. The average molecular weight is 313 g/mol. The Labute approximate surface area is 127 Å². The van der Waals surface area contributed by atoms with Crippen molar-refractivity contribution in [2.24, 2.45) is 0 Å². The Morgan fingerprint density at radius 1 is 1.09 bits per heavy atom. The summed E-state index contributed by atoms with van der Waals surface area (Å²) in [5.41, 5.74) is -0.698. The van der Waals surface area contributed by atoms with Gasteiger partial charge in [0.15, 0.2) is 0 Å². The van der Waals surface area contributed by atoms with E-state index in [0.29, 0.717) is 25.2 Å². The minimum atomic E-state index is -4.34. The fraction of sp³-hybridized carbons (Fsp3) is 0.500. The summed E-state index contributed by atoms with van der Waals surface area (Å²) in [5, 5.41) is 8.35. The fourth-order valence-electron chi connectivity index (χ4n) is 1.85. The lowest BCUT2D eigenvalue weighted by Gasteiger charge is -2.09. The minimum Gasteiger partial charge on any atom is -0.494 e. The van der Waals surface area contributed by atoms with Gasteiger partial charge in [-0.3, -0.25) is 4.79 Å². The van der Waals surface area contributed by atoms with Gasteiger partial charge in [0, 0.05) is 19.3 Å². The summed E-state index contributed by atoms with van der Waals surface area (Å²) in [6, 6.07) is 6.51. The summed E-state index contributed by atoms with van der Waals surface area (Å²) >= 11 is 0. The number of Topliss-reactive ketones (excluding diaryl/α,β-unsaturated/α-hetero) is 1. The molecule has 1 aromatic rings. The molecule has 1 rings (SSSR count). The van der Waals surface area contributed by atoms with E-state index >= 15 is 0 Å². The van der Waals surface area contributed by atoms with Gasteiger partial charge in [0.05, 0.1) is 18.2 Å². The molecular formula is C16H18F3NO2. The Kier molecular flexibility index (Phi) is 7.44. The maximum atomic E-state index is 12.4. The van der Waals surface area contributed by atoms with Gasteiger partial charge in [0.1, 0.15) is 11.5 Å². The predicted molar refractivity (Wildman–Crippen MR) is 75.3 cm³/mol. The van der Waals surface area contributed by atoms with Crippen molar-refractivity contribution in [2.75, 3.05) is 6.61 Å². The zero-order valence-electron chi connectivity index (χ0n) is 12.2. The van der Waals surface area contributed by atoms with E-state index < -0.39 is 11.7 Å². The summed E-state index contributed by atoms with van der Waals surface area (Å²) in [5.74, 6) is 0.489. The van der Waals surface area contributed by atoms with Crippen LogP contribution in [0.5, 0.6) is 5.75 Å². The number of nitrogens with zero attached hydrogens (tertiary/aromatic N) is 1. The Bertz CT molecular complexity index is 504. The van der Waals surface area contributed by atoms with Crippen LogP contribution in [0.15, 0.2) is 24.3 Å². The first-order valence-corrected chi connectivity index (χ1v) is 7.12. The molecule has 0 radical (unpaired) electrons. The first-order chi connectivity index (χ1) is 10.4. The maximum absolute atomic E-state index is 12.4. The van der Waals surface area contributed by atoms with Crippen LogP contribution in [0.3, 0.4) is 0 Å². The number of benzene rings is 1. The third-order valence-corrected chi connectivity index (χ3v) is 3.07. The third kappa shape index (κ3) is 7.11. The van der Waals surface area contributed by atoms with Crippen LogP contribution in [-0.2, 0) is 11.0 Å². The van der Waals surface area contributed by atoms with E-state index in [2.05, 4.69) is 0 Å². The van der Waals surface area contributed by atoms with Crippen molar-refractivity contribution in [1.82, 2.24) is 0 Å². The number of ether oxygens (including phenoxy) is 1. The first kappa shape index (κ1) is 18.0. The second-order valence-electron chi connectivity index (χ2n) is 4.88. The van der Waals surface area contributed by atoms with Crippen LogP contribution in [0.25, 0.3) is 0 Å². The van der Waals surface area contributed by atoms with Crippen LogP contribution in [-0.4, -0.2) is 12.4 Å². The van der Waals surface area contributed by atoms with E-state index in [1.165, 1.54) is 12.1 Å². The normalized spacial score (nSPS) is 11.0. The van der Waals surface area contributed by atoms with Crippen LogP contribution in [0, 0.1) is 11.3 Å². The monoisotopic (exact) mass is 313 g/mol. The van der Waals surface area contributed by atoms with Gasteiger partial charge in [-0.15, -0.1) is 0 Å². The number of rotatable bonds is 9. The highest BCUT2D eigenvalue weighted by Gasteiger charge is 2.29. The molecule has 0 aliphatic rings. The Morgan fingerprint density at radius 3 is 2.36 bits per heavy atom. The second kappa shape index (κ2) is 9.08. The number of carbonyl (C=O) groups is 1. The average Bonchev–Trinajstić information content (AvgIpc) is 2.48. The number of ketones is 1. The number of alkyl halides is 3. The SMILES string of the molecule is N#CCCC(=O)CCCCCOc1ccc(C(F)(F)F)cc1. The molecule has 0 atom stereocenters. The molecule has 0 saturated heterocycles. The molecule has 0 fully saturated rings.